The molecule has 0 aliphatic carbocycles. The van der Waals surface area contributed by atoms with Gasteiger partial charge < -0.3 is 4.74 Å². The van der Waals surface area contributed by atoms with E-state index in [4.69, 9.17) is 16.3 Å². The van der Waals surface area contributed by atoms with E-state index in [9.17, 15) is 0 Å². The maximum atomic E-state index is 5.71. The van der Waals surface area contributed by atoms with Crippen molar-refractivity contribution in [2.24, 2.45) is 0 Å². The second-order valence-electron chi connectivity index (χ2n) is 2.34. The summed E-state index contributed by atoms with van der Waals surface area (Å²) in [5.74, 6) is 0. The molecule has 0 radical (unpaired) electrons. The fourth-order valence-corrected chi connectivity index (χ4v) is 1.20. The van der Waals surface area contributed by atoms with Gasteiger partial charge in [-0.2, -0.15) is 5.10 Å². The molecule has 1 heterocycles. The van der Waals surface area contributed by atoms with Crippen LogP contribution in [0.4, 0.5) is 0 Å². The van der Waals surface area contributed by atoms with Crippen molar-refractivity contribution in [3.63, 3.8) is 0 Å². The molecule has 1 aromatic rings. The first-order valence-electron chi connectivity index (χ1n) is 3.70. The summed E-state index contributed by atoms with van der Waals surface area (Å²) in [6.07, 6.45) is 2.80. The van der Waals surface area contributed by atoms with Crippen molar-refractivity contribution >= 4 is 27.5 Å². The largest absolute Gasteiger partial charge is 0.359 e. The standard InChI is InChI=1S/C7H10BrClN2O/c1-2-3-12-5-11-4-6(8)7(9)10-11/h4H,2-3,5H2,1H3. The van der Waals surface area contributed by atoms with E-state index in [1.807, 2.05) is 0 Å². The van der Waals surface area contributed by atoms with Crippen LogP contribution in [0.2, 0.25) is 5.15 Å². The highest BCUT2D eigenvalue weighted by molar-refractivity contribution is 9.10. The van der Waals surface area contributed by atoms with E-state index in [0.717, 1.165) is 17.5 Å². The number of aromatic nitrogens is 2. The predicted molar refractivity (Wildman–Crippen MR) is 51.2 cm³/mol. The highest BCUT2D eigenvalue weighted by atomic mass is 79.9. The second kappa shape index (κ2) is 4.84. The van der Waals surface area contributed by atoms with Crippen LogP contribution in [-0.2, 0) is 11.5 Å². The van der Waals surface area contributed by atoms with Gasteiger partial charge in [0.25, 0.3) is 0 Å². The number of hydrogen-bond acceptors (Lipinski definition) is 2. The van der Waals surface area contributed by atoms with Crippen LogP contribution in [0, 0.1) is 0 Å². The van der Waals surface area contributed by atoms with Gasteiger partial charge in [0.1, 0.15) is 6.73 Å². The van der Waals surface area contributed by atoms with Crippen LogP contribution in [0.25, 0.3) is 0 Å². The Morgan fingerprint density at radius 3 is 3.00 bits per heavy atom. The lowest BCUT2D eigenvalue weighted by Crippen LogP contribution is -2.03. The van der Waals surface area contributed by atoms with Crippen LogP contribution in [0.3, 0.4) is 0 Å². The summed E-state index contributed by atoms with van der Waals surface area (Å²) in [6, 6.07) is 0. The van der Waals surface area contributed by atoms with E-state index in [0.29, 0.717) is 11.9 Å². The quantitative estimate of drug-likeness (QED) is 0.772. The summed E-state index contributed by atoms with van der Waals surface area (Å²) in [5.41, 5.74) is 0. The molecule has 0 aliphatic rings. The Morgan fingerprint density at radius 1 is 1.75 bits per heavy atom. The molecule has 1 rings (SSSR count). The molecule has 12 heavy (non-hydrogen) atoms. The lowest BCUT2D eigenvalue weighted by molar-refractivity contribution is 0.0693. The maximum Gasteiger partial charge on any atom is 0.165 e. The van der Waals surface area contributed by atoms with E-state index in [1.165, 1.54) is 0 Å². The average molecular weight is 254 g/mol. The Labute approximate surface area is 84.8 Å². The summed E-state index contributed by atoms with van der Waals surface area (Å²) in [5, 5.41) is 4.46. The summed E-state index contributed by atoms with van der Waals surface area (Å²) < 4.78 is 7.71. The Bertz CT molecular complexity index is 232. The molecule has 5 heteroatoms. The molecule has 0 fully saturated rings. The normalized spacial score (nSPS) is 10.6. The number of ether oxygens (including phenoxy) is 1. The molecule has 0 aliphatic heterocycles. The zero-order valence-electron chi connectivity index (χ0n) is 6.76. The molecule has 1 aromatic heterocycles. The van der Waals surface area contributed by atoms with Gasteiger partial charge in [-0.05, 0) is 22.4 Å². The van der Waals surface area contributed by atoms with E-state index in [1.54, 1.807) is 10.9 Å². The van der Waals surface area contributed by atoms with Gasteiger partial charge in [0.2, 0.25) is 0 Å². The van der Waals surface area contributed by atoms with Crippen LogP contribution in [0.15, 0.2) is 10.7 Å². The van der Waals surface area contributed by atoms with Crippen molar-refractivity contribution in [1.29, 1.82) is 0 Å². The van der Waals surface area contributed by atoms with Crippen molar-refractivity contribution in [1.82, 2.24) is 9.78 Å². The summed E-state index contributed by atoms with van der Waals surface area (Å²) in [6.45, 7) is 3.26. The van der Waals surface area contributed by atoms with Gasteiger partial charge in [-0.15, -0.1) is 0 Å². The molecule has 0 saturated carbocycles. The van der Waals surface area contributed by atoms with Gasteiger partial charge in [-0.3, -0.25) is 0 Å². The minimum Gasteiger partial charge on any atom is -0.359 e. The zero-order chi connectivity index (χ0) is 8.97. The molecule has 68 valence electrons. The van der Waals surface area contributed by atoms with Crippen molar-refractivity contribution in [3.8, 4) is 0 Å². The van der Waals surface area contributed by atoms with E-state index >= 15 is 0 Å². The van der Waals surface area contributed by atoms with E-state index in [-0.39, 0.29) is 0 Å². The molecular formula is C7H10BrClN2O. The Balaban J connectivity index is 2.42. The average Bonchev–Trinajstić information content (AvgIpc) is 2.32. The smallest absolute Gasteiger partial charge is 0.165 e. The molecule has 0 spiro atoms. The molecule has 0 N–H and O–H groups in total. The van der Waals surface area contributed by atoms with Gasteiger partial charge in [-0.1, -0.05) is 18.5 Å². The monoisotopic (exact) mass is 252 g/mol. The molecule has 0 bridgehead atoms. The first-order valence-corrected chi connectivity index (χ1v) is 4.87. The molecule has 0 saturated heterocycles. The predicted octanol–water partition coefficient (Wildman–Crippen LogP) is 2.68. The lowest BCUT2D eigenvalue weighted by Gasteiger charge is -2.00. The highest BCUT2D eigenvalue weighted by Gasteiger charge is 2.01. The van der Waals surface area contributed by atoms with Crippen LogP contribution in [-0.4, -0.2) is 16.4 Å². The summed E-state index contributed by atoms with van der Waals surface area (Å²) >= 11 is 8.96. The SMILES string of the molecule is CCCOCn1cc(Br)c(Cl)n1. The molecule has 3 nitrogen and oxygen atoms in total. The van der Waals surface area contributed by atoms with Gasteiger partial charge in [-0.25, -0.2) is 4.68 Å². The van der Waals surface area contributed by atoms with Gasteiger partial charge >= 0.3 is 0 Å². The van der Waals surface area contributed by atoms with Crippen molar-refractivity contribution < 1.29 is 4.74 Å². The third-order valence-corrected chi connectivity index (χ3v) is 2.34. The molecule has 0 amide bonds. The van der Waals surface area contributed by atoms with Crippen LogP contribution >= 0.6 is 27.5 Å². The summed E-state index contributed by atoms with van der Waals surface area (Å²) in [7, 11) is 0. The highest BCUT2D eigenvalue weighted by Crippen LogP contribution is 2.19. The number of hydrogen-bond donors (Lipinski definition) is 0. The van der Waals surface area contributed by atoms with Crippen LogP contribution < -0.4 is 0 Å². The van der Waals surface area contributed by atoms with Crippen molar-refractivity contribution in [2.45, 2.75) is 20.1 Å². The Hall–Kier alpha value is -0.0600. The summed E-state index contributed by atoms with van der Waals surface area (Å²) in [4.78, 5) is 0. The number of halogens is 2. The fraction of sp³-hybridized carbons (Fsp3) is 0.571. The Kier molecular flexibility index (Phi) is 4.05. The number of nitrogens with zero attached hydrogens (tertiary/aromatic N) is 2. The van der Waals surface area contributed by atoms with E-state index in [2.05, 4.69) is 28.0 Å². The van der Waals surface area contributed by atoms with Crippen molar-refractivity contribution in [2.75, 3.05) is 6.61 Å². The number of rotatable bonds is 4. The molecule has 0 aromatic carbocycles. The van der Waals surface area contributed by atoms with Crippen molar-refractivity contribution in [3.05, 3.63) is 15.8 Å². The minimum atomic E-state index is 0.458. The zero-order valence-corrected chi connectivity index (χ0v) is 9.10. The molecule has 0 unspecified atom stereocenters. The van der Waals surface area contributed by atoms with Gasteiger partial charge in [0.15, 0.2) is 5.15 Å². The second-order valence-corrected chi connectivity index (χ2v) is 3.56. The molecule has 0 atom stereocenters. The topological polar surface area (TPSA) is 27.1 Å². The van der Waals surface area contributed by atoms with Crippen LogP contribution in [0.5, 0.6) is 0 Å². The van der Waals surface area contributed by atoms with Crippen LogP contribution in [0.1, 0.15) is 13.3 Å². The Morgan fingerprint density at radius 2 is 2.50 bits per heavy atom. The third-order valence-electron chi connectivity index (χ3n) is 1.25. The van der Waals surface area contributed by atoms with Gasteiger partial charge in [0, 0.05) is 12.8 Å². The first-order chi connectivity index (χ1) is 5.74. The third kappa shape index (κ3) is 2.77. The van der Waals surface area contributed by atoms with E-state index < -0.39 is 0 Å². The lowest BCUT2D eigenvalue weighted by atomic mass is 10.5. The maximum absolute atomic E-state index is 5.71. The van der Waals surface area contributed by atoms with Gasteiger partial charge in [0.05, 0.1) is 4.47 Å². The molecular weight excluding hydrogens is 243 g/mol. The minimum absolute atomic E-state index is 0.458. The fourth-order valence-electron chi connectivity index (χ4n) is 0.742. The first kappa shape index (κ1) is 10.0.